The highest BCUT2D eigenvalue weighted by molar-refractivity contribution is 6.33. The first-order valence-corrected chi connectivity index (χ1v) is 6.52. The second-order valence-electron chi connectivity index (χ2n) is 4.69. The van der Waals surface area contributed by atoms with Crippen LogP contribution >= 0.6 is 11.6 Å². The zero-order valence-corrected chi connectivity index (χ0v) is 11.7. The van der Waals surface area contributed by atoms with E-state index in [4.69, 9.17) is 11.6 Å². The summed E-state index contributed by atoms with van der Waals surface area (Å²) in [5.41, 5.74) is -0.340. The zero-order chi connectivity index (χ0) is 14.4. The van der Waals surface area contributed by atoms with Crippen LogP contribution in [0.1, 0.15) is 37.0 Å². The number of nitrogens with zero attached hydrogens (tertiary/aromatic N) is 1. The number of hydrogen-bond acceptors (Lipinski definition) is 3. The van der Waals surface area contributed by atoms with Gasteiger partial charge in [-0.1, -0.05) is 31.5 Å². The van der Waals surface area contributed by atoms with E-state index in [9.17, 15) is 14.9 Å². The van der Waals surface area contributed by atoms with Gasteiger partial charge in [0.15, 0.2) is 0 Å². The average molecular weight is 285 g/mol. The van der Waals surface area contributed by atoms with Crippen LogP contribution in [0.3, 0.4) is 0 Å². The molecule has 0 aliphatic heterocycles. The van der Waals surface area contributed by atoms with Crippen molar-refractivity contribution in [1.29, 1.82) is 0 Å². The lowest BCUT2D eigenvalue weighted by Gasteiger charge is -2.07. The number of nitro benzene ring substituents is 1. The minimum atomic E-state index is -0.634. The van der Waals surface area contributed by atoms with Gasteiger partial charge in [-0.15, -0.1) is 0 Å². The number of nitro groups is 1. The van der Waals surface area contributed by atoms with Gasteiger partial charge in [0.1, 0.15) is 10.6 Å². The van der Waals surface area contributed by atoms with Crippen LogP contribution in [0.15, 0.2) is 18.2 Å². The smallest absolute Gasteiger partial charge is 0.300 e. The van der Waals surface area contributed by atoms with E-state index in [-0.39, 0.29) is 16.3 Å². The molecule has 104 valence electrons. The lowest BCUT2D eigenvalue weighted by molar-refractivity contribution is -0.385. The molecule has 0 heterocycles. The van der Waals surface area contributed by atoms with Crippen molar-refractivity contribution >= 4 is 23.2 Å². The zero-order valence-electron chi connectivity index (χ0n) is 11.0. The predicted molar refractivity (Wildman–Crippen MR) is 74.5 cm³/mol. The molecule has 5 nitrogen and oxygen atoms in total. The summed E-state index contributed by atoms with van der Waals surface area (Å²) < 4.78 is 0. The van der Waals surface area contributed by atoms with Gasteiger partial charge in [-0.05, 0) is 30.9 Å². The van der Waals surface area contributed by atoms with E-state index >= 15 is 0 Å². The van der Waals surface area contributed by atoms with Crippen molar-refractivity contribution in [3.8, 4) is 0 Å². The molecule has 1 N–H and O–H groups in total. The van der Waals surface area contributed by atoms with Crippen LogP contribution in [-0.4, -0.2) is 17.4 Å². The molecule has 0 bridgehead atoms. The summed E-state index contributed by atoms with van der Waals surface area (Å²) in [6.45, 7) is 4.70. The number of nitrogens with one attached hydrogen (secondary N) is 1. The molecular weight excluding hydrogens is 268 g/mol. The van der Waals surface area contributed by atoms with E-state index in [0.717, 1.165) is 12.8 Å². The van der Waals surface area contributed by atoms with Gasteiger partial charge >= 0.3 is 5.69 Å². The first-order valence-electron chi connectivity index (χ1n) is 6.14. The average Bonchev–Trinajstić information content (AvgIpc) is 2.33. The molecule has 1 aromatic carbocycles. The number of rotatable bonds is 6. The van der Waals surface area contributed by atoms with E-state index in [0.29, 0.717) is 12.5 Å². The molecule has 19 heavy (non-hydrogen) atoms. The minimum Gasteiger partial charge on any atom is -0.352 e. The second kappa shape index (κ2) is 7.09. The van der Waals surface area contributed by atoms with Crippen molar-refractivity contribution < 1.29 is 9.72 Å². The van der Waals surface area contributed by atoms with Crippen molar-refractivity contribution in [2.45, 2.75) is 26.7 Å². The predicted octanol–water partition coefficient (Wildman–Crippen LogP) is 3.41. The van der Waals surface area contributed by atoms with Gasteiger partial charge in [-0.2, -0.15) is 0 Å². The summed E-state index contributed by atoms with van der Waals surface area (Å²) in [5.74, 6) is 0.107. The summed E-state index contributed by atoms with van der Waals surface area (Å²) >= 11 is 5.75. The third kappa shape index (κ3) is 4.52. The molecule has 1 rings (SSSR count). The number of halogens is 1. The first-order chi connectivity index (χ1) is 8.93. The standard InChI is InChI=1S/C13H17ClN2O3/c1-9(2)5-4-8-15-13(17)10-6-3-7-11(14)12(10)16(18)19/h3,6-7,9H,4-5,8H2,1-2H3,(H,15,17). The van der Waals surface area contributed by atoms with Crippen LogP contribution in [-0.2, 0) is 0 Å². The van der Waals surface area contributed by atoms with Crippen LogP contribution in [0.4, 0.5) is 5.69 Å². The SMILES string of the molecule is CC(C)CCCNC(=O)c1cccc(Cl)c1[N+](=O)[O-]. The van der Waals surface area contributed by atoms with E-state index in [1.54, 1.807) is 0 Å². The van der Waals surface area contributed by atoms with Crippen LogP contribution < -0.4 is 5.32 Å². The summed E-state index contributed by atoms with van der Waals surface area (Å²) in [4.78, 5) is 22.2. The Labute approximate surface area is 117 Å². The van der Waals surface area contributed by atoms with Gasteiger partial charge in [0.2, 0.25) is 0 Å². The van der Waals surface area contributed by atoms with Crippen molar-refractivity contribution in [2.75, 3.05) is 6.54 Å². The van der Waals surface area contributed by atoms with Gasteiger partial charge in [-0.3, -0.25) is 14.9 Å². The van der Waals surface area contributed by atoms with Crippen molar-refractivity contribution in [3.05, 3.63) is 38.9 Å². The third-order valence-corrected chi connectivity index (χ3v) is 2.96. The van der Waals surface area contributed by atoms with Gasteiger partial charge in [-0.25, -0.2) is 0 Å². The fourth-order valence-electron chi connectivity index (χ4n) is 1.69. The topological polar surface area (TPSA) is 72.2 Å². The molecule has 0 aliphatic carbocycles. The van der Waals surface area contributed by atoms with Gasteiger partial charge in [0.05, 0.1) is 4.92 Å². The monoisotopic (exact) mass is 284 g/mol. The number of carbonyl (C=O) groups is 1. The second-order valence-corrected chi connectivity index (χ2v) is 5.09. The summed E-state index contributed by atoms with van der Waals surface area (Å²) in [7, 11) is 0. The van der Waals surface area contributed by atoms with Crippen LogP contribution in [0.2, 0.25) is 5.02 Å². The lowest BCUT2D eigenvalue weighted by Crippen LogP contribution is -2.25. The fraction of sp³-hybridized carbons (Fsp3) is 0.462. The Hall–Kier alpha value is -1.62. The van der Waals surface area contributed by atoms with Crippen LogP contribution in [0.5, 0.6) is 0 Å². The van der Waals surface area contributed by atoms with E-state index < -0.39 is 10.8 Å². The van der Waals surface area contributed by atoms with E-state index in [1.807, 2.05) is 0 Å². The maximum Gasteiger partial charge on any atom is 0.300 e. The Morgan fingerprint density at radius 2 is 2.16 bits per heavy atom. The molecule has 0 aliphatic rings. The van der Waals surface area contributed by atoms with Crippen molar-refractivity contribution in [3.63, 3.8) is 0 Å². The summed E-state index contributed by atoms with van der Waals surface area (Å²) in [5, 5.41) is 13.6. The van der Waals surface area contributed by atoms with E-state index in [2.05, 4.69) is 19.2 Å². The quantitative estimate of drug-likeness (QED) is 0.494. The highest BCUT2D eigenvalue weighted by atomic mass is 35.5. The van der Waals surface area contributed by atoms with Gasteiger partial charge < -0.3 is 5.32 Å². The molecule has 0 fully saturated rings. The molecule has 1 aromatic rings. The highest BCUT2D eigenvalue weighted by Gasteiger charge is 2.23. The number of benzene rings is 1. The molecular formula is C13H17ClN2O3. The molecule has 0 radical (unpaired) electrons. The third-order valence-electron chi connectivity index (χ3n) is 2.66. The van der Waals surface area contributed by atoms with Crippen molar-refractivity contribution in [1.82, 2.24) is 5.32 Å². The summed E-state index contributed by atoms with van der Waals surface area (Å²) in [6, 6.07) is 4.33. The molecule has 0 atom stereocenters. The molecule has 0 unspecified atom stereocenters. The molecule has 6 heteroatoms. The Kier molecular flexibility index (Phi) is 5.76. The number of amides is 1. The Bertz CT molecular complexity index is 475. The Morgan fingerprint density at radius 3 is 2.74 bits per heavy atom. The lowest BCUT2D eigenvalue weighted by atomic mass is 10.1. The molecule has 0 saturated heterocycles. The number of hydrogen-bond donors (Lipinski definition) is 1. The maximum absolute atomic E-state index is 11.9. The van der Waals surface area contributed by atoms with Gasteiger partial charge in [0.25, 0.3) is 5.91 Å². The fourth-order valence-corrected chi connectivity index (χ4v) is 1.94. The normalized spacial score (nSPS) is 10.5. The van der Waals surface area contributed by atoms with E-state index in [1.165, 1.54) is 18.2 Å². The minimum absolute atomic E-state index is 0.00190. The molecule has 0 aromatic heterocycles. The molecule has 0 saturated carbocycles. The highest BCUT2D eigenvalue weighted by Crippen LogP contribution is 2.27. The Balaban J connectivity index is 2.72. The number of para-hydroxylation sites is 1. The summed E-state index contributed by atoms with van der Waals surface area (Å²) in [6.07, 6.45) is 1.84. The van der Waals surface area contributed by atoms with Crippen LogP contribution in [0, 0.1) is 16.0 Å². The Morgan fingerprint density at radius 1 is 1.47 bits per heavy atom. The van der Waals surface area contributed by atoms with Crippen molar-refractivity contribution in [2.24, 2.45) is 5.92 Å². The van der Waals surface area contributed by atoms with Gasteiger partial charge in [0, 0.05) is 6.54 Å². The number of carbonyl (C=O) groups excluding carboxylic acids is 1. The maximum atomic E-state index is 11.9. The van der Waals surface area contributed by atoms with Crippen LogP contribution in [0.25, 0.3) is 0 Å². The largest absolute Gasteiger partial charge is 0.352 e. The molecule has 1 amide bonds. The first kappa shape index (κ1) is 15.4. The molecule has 0 spiro atoms.